The van der Waals surface area contributed by atoms with E-state index in [4.69, 9.17) is 0 Å². The molecule has 3 aromatic carbocycles. The molecule has 0 atom stereocenters. The Kier molecular flexibility index (Phi) is 4.12. The molecule has 118 valence electrons. The molecular weight excluding hydrogens is 324 g/mol. The lowest BCUT2D eigenvalue weighted by atomic mass is 10.0. The lowest BCUT2D eigenvalue weighted by molar-refractivity contribution is 1.43. The number of fused-ring (bicyclic) bond motifs is 1. The standard InChI is InChI=1S/C22H14N2S/c23-15-19(22-24-20-8-4-5-9-21(20)25-22)14-16-10-12-18(13-11-16)17-6-2-1-3-7-17/h1-14H. The van der Waals surface area contributed by atoms with Gasteiger partial charge in [0.15, 0.2) is 0 Å². The van der Waals surface area contributed by atoms with E-state index in [1.807, 2.05) is 60.7 Å². The van der Waals surface area contributed by atoms with E-state index in [-0.39, 0.29) is 0 Å². The van der Waals surface area contributed by atoms with Crippen LogP contribution < -0.4 is 0 Å². The molecule has 0 aliphatic rings. The number of benzene rings is 3. The number of rotatable bonds is 3. The maximum Gasteiger partial charge on any atom is 0.135 e. The van der Waals surface area contributed by atoms with Gasteiger partial charge in [0.25, 0.3) is 0 Å². The summed E-state index contributed by atoms with van der Waals surface area (Å²) in [4.78, 5) is 4.57. The van der Waals surface area contributed by atoms with Crippen molar-refractivity contribution in [2.24, 2.45) is 0 Å². The van der Waals surface area contributed by atoms with Crippen LogP contribution in [0.5, 0.6) is 0 Å². The smallest absolute Gasteiger partial charge is 0.135 e. The highest BCUT2D eigenvalue weighted by Gasteiger charge is 2.08. The molecule has 0 amide bonds. The van der Waals surface area contributed by atoms with Gasteiger partial charge in [0.05, 0.1) is 15.8 Å². The highest BCUT2D eigenvalue weighted by atomic mass is 32.1. The summed E-state index contributed by atoms with van der Waals surface area (Å²) in [6, 6.07) is 28.7. The Balaban J connectivity index is 1.67. The maximum atomic E-state index is 9.55. The van der Waals surface area contributed by atoms with Crippen molar-refractivity contribution in [3.05, 3.63) is 89.4 Å². The van der Waals surface area contributed by atoms with Crippen molar-refractivity contribution in [2.45, 2.75) is 0 Å². The van der Waals surface area contributed by atoms with Crippen LogP contribution in [0.15, 0.2) is 78.9 Å². The molecule has 0 spiro atoms. The molecule has 1 aromatic heterocycles. The molecular formula is C22H14N2S. The van der Waals surface area contributed by atoms with E-state index in [9.17, 15) is 5.26 Å². The Hall–Kier alpha value is -3.22. The maximum absolute atomic E-state index is 9.55. The molecule has 4 rings (SSSR count). The molecule has 25 heavy (non-hydrogen) atoms. The molecule has 0 N–H and O–H groups in total. The Morgan fingerprint density at radius 1 is 0.840 bits per heavy atom. The summed E-state index contributed by atoms with van der Waals surface area (Å²) in [5, 5.41) is 10.3. The summed E-state index contributed by atoms with van der Waals surface area (Å²) in [5.41, 5.74) is 4.87. The highest BCUT2D eigenvalue weighted by Crippen LogP contribution is 2.28. The fourth-order valence-corrected chi connectivity index (χ4v) is 3.63. The Morgan fingerprint density at radius 3 is 2.24 bits per heavy atom. The molecule has 3 heteroatoms. The zero-order valence-electron chi connectivity index (χ0n) is 13.4. The van der Waals surface area contributed by atoms with E-state index in [1.165, 1.54) is 5.56 Å². The van der Waals surface area contributed by atoms with Gasteiger partial charge >= 0.3 is 0 Å². The molecule has 0 saturated carbocycles. The molecule has 0 aliphatic carbocycles. The van der Waals surface area contributed by atoms with Crippen LogP contribution in [0.2, 0.25) is 0 Å². The van der Waals surface area contributed by atoms with Gasteiger partial charge in [-0.1, -0.05) is 66.7 Å². The van der Waals surface area contributed by atoms with Crippen molar-refractivity contribution >= 4 is 33.2 Å². The van der Waals surface area contributed by atoms with Crippen molar-refractivity contribution in [3.63, 3.8) is 0 Å². The number of allylic oxidation sites excluding steroid dienone is 1. The van der Waals surface area contributed by atoms with Crippen molar-refractivity contribution in [3.8, 4) is 17.2 Å². The first-order valence-corrected chi connectivity index (χ1v) is 8.78. The van der Waals surface area contributed by atoms with Crippen LogP contribution in [0, 0.1) is 11.3 Å². The monoisotopic (exact) mass is 338 g/mol. The number of aromatic nitrogens is 1. The minimum Gasteiger partial charge on any atom is -0.235 e. The zero-order valence-corrected chi connectivity index (χ0v) is 14.2. The third-order valence-electron chi connectivity index (χ3n) is 3.97. The molecule has 2 nitrogen and oxygen atoms in total. The molecule has 4 aromatic rings. The van der Waals surface area contributed by atoms with Crippen molar-refractivity contribution in [1.82, 2.24) is 4.98 Å². The lowest BCUT2D eigenvalue weighted by Gasteiger charge is -2.02. The fraction of sp³-hybridized carbons (Fsp3) is 0. The number of nitrogens with zero attached hydrogens (tertiary/aromatic N) is 2. The van der Waals surface area contributed by atoms with Gasteiger partial charge in [-0.25, -0.2) is 4.98 Å². The quantitative estimate of drug-likeness (QED) is 0.428. The average Bonchev–Trinajstić information content (AvgIpc) is 3.11. The summed E-state index contributed by atoms with van der Waals surface area (Å²) < 4.78 is 1.10. The number of thiazole rings is 1. The van der Waals surface area contributed by atoms with Crippen LogP contribution in [0.3, 0.4) is 0 Å². The zero-order chi connectivity index (χ0) is 17.1. The second-order valence-electron chi connectivity index (χ2n) is 5.64. The van der Waals surface area contributed by atoms with Crippen molar-refractivity contribution in [2.75, 3.05) is 0 Å². The molecule has 0 bridgehead atoms. The van der Waals surface area contributed by atoms with Gasteiger partial charge in [0, 0.05) is 0 Å². The van der Waals surface area contributed by atoms with Crippen LogP contribution in [0.1, 0.15) is 10.6 Å². The highest BCUT2D eigenvalue weighted by molar-refractivity contribution is 7.19. The van der Waals surface area contributed by atoms with Crippen LogP contribution >= 0.6 is 11.3 Å². The van der Waals surface area contributed by atoms with E-state index in [0.29, 0.717) is 5.57 Å². The van der Waals surface area contributed by atoms with Crippen LogP contribution in [-0.4, -0.2) is 4.98 Å². The number of para-hydroxylation sites is 1. The van der Waals surface area contributed by atoms with Crippen molar-refractivity contribution in [1.29, 1.82) is 5.26 Å². The summed E-state index contributed by atoms with van der Waals surface area (Å²) in [5.74, 6) is 0. The van der Waals surface area contributed by atoms with Crippen LogP contribution in [0.25, 0.3) is 33.0 Å². The first-order chi connectivity index (χ1) is 12.3. The topological polar surface area (TPSA) is 36.7 Å². The Morgan fingerprint density at radius 2 is 1.52 bits per heavy atom. The van der Waals surface area contributed by atoms with Gasteiger partial charge < -0.3 is 0 Å². The fourth-order valence-electron chi connectivity index (χ4n) is 2.70. The minimum absolute atomic E-state index is 0.591. The van der Waals surface area contributed by atoms with Crippen LogP contribution in [-0.2, 0) is 0 Å². The molecule has 0 unspecified atom stereocenters. The average molecular weight is 338 g/mol. The SMILES string of the molecule is N#CC(=Cc1ccc(-c2ccccc2)cc1)c1nc2ccccc2s1. The molecule has 1 heterocycles. The number of hydrogen-bond acceptors (Lipinski definition) is 3. The summed E-state index contributed by atoms with van der Waals surface area (Å²) in [6.45, 7) is 0. The van der Waals surface area contributed by atoms with Gasteiger partial charge in [-0.05, 0) is 34.9 Å². The second-order valence-corrected chi connectivity index (χ2v) is 6.68. The third-order valence-corrected chi connectivity index (χ3v) is 5.04. The van der Waals surface area contributed by atoms with Gasteiger partial charge in [0.2, 0.25) is 0 Å². The Labute approximate surface area is 150 Å². The van der Waals surface area contributed by atoms with E-state index in [1.54, 1.807) is 11.3 Å². The first kappa shape index (κ1) is 15.3. The van der Waals surface area contributed by atoms with E-state index < -0.39 is 0 Å². The van der Waals surface area contributed by atoms with E-state index in [0.717, 1.165) is 26.4 Å². The van der Waals surface area contributed by atoms with Crippen molar-refractivity contribution < 1.29 is 0 Å². The molecule has 0 saturated heterocycles. The summed E-state index contributed by atoms with van der Waals surface area (Å²) >= 11 is 1.55. The summed E-state index contributed by atoms with van der Waals surface area (Å²) in [6.07, 6.45) is 1.90. The van der Waals surface area contributed by atoms with Gasteiger partial charge in [-0.3, -0.25) is 0 Å². The second kappa shape index (κ2) is 6.72. The molecule has 0 aliphatic heterocycles. The minimum atomic E-state index is 0.591. The third kappa shape index (κ3) is 3.21. The number of hydrogen-bond donors (Lipinski definition) is 0. The Bertz CT molecular complexity index is 1050. The molecule has 0 radical (unpaired) electrons. The van der Waals surface area contributed by atoms with Gasteiger partial charge in [-0.15, -0.1) is 11.3 Å². The predicted octanol–water partition coefficient (Wildman–Crippen LogP) is 6.03. The van der Waals surface area contributed by atoms with Gasteiger partial charge in [0.1, 0.15) is 11.1 Å². The normalized spacial score (nSPS) is 11.4. The van der Waals surface area contributed by atoms with E-state index >= 15 is 0 Å². The van der Waals surface area contributed by atoms with Crippen LogP contribution in [0.4, 0.5) is 0 Å². The number of nitriles is 1. The summed E-state index contributed by atoms with van der Waals surface area (Å²) in [7, 11) is 0. The molecule has 0 fully saturated rings. The van der Waals surface area contributed by atoms with E-state index in [2.05, 4.69) is 35.3 Å². The van der Waals surface area contributed by atoms with Gasteiger partial charge in [-0.2, -0.15) is 5.26 Å². The predicted molar refractivity (Wildman–Crippen MR) is 105 cm³/mol. The largest absolute Gasteiger partial charge is 0.235 e. The first-order valence-electron chi connectivity index (χ1n) is 7.97. The lowest BCUT2D eigenvalue weighted by Crippen LogP contribution is -1.82.